The molecule has 0 radical (unpaired) electrons. The summed E-state index contributed by atoms with van der Waals surface area (Å²) in [5.41, 5.74) is 3.81. The number of hydrogen-bond donors (Lipinski definition) is 2. The average molecular weight is 449 g/mol. The van der Waals surface area contributed by atoms with Crippen LogP contribution in [0.5, 0.6) is 0 Å². The van der Waals surface area contributed by atoms with Crippen molar-refractivity contribution in [3.63, 3.8) is 0 Å². The van der Waals surface area contributed by atoms with Crippen LogP contribution >= 0.6 is 0 Å². The highest BCUT2D eigenvalue weighted by molar-refractivity contribution is 6.03. The summed E-state index contributed by atoms with van der Waals surface area (Å²) >= 11 is 0. The number of nitrogens with zero attached hydrogens (tertiary/aromatic N) is 1. The van der Waals surface area contributed by atoms with Gasteiger partial charge in [-0.1, -0.05) is 35.9 Å². The van der Waals surface area contributed by atoms with Gasteiger partial charge >= 0.3 is 18.0 Å². The van der Waals surface area contributed by atoms with E-state index in [1.165, 1.54) is 18.1 Å². The summed E-state index contributed by atoms with van der Waals surface area (Å²) < 4.78 is 9.97. The number of urea groups is 1. The number of nitrogens with one attached hydrogen (secondary N) is 2. The summed E-state index contributed by atoms with van der Waals surface area (Å²) in [6, 6.07) is 11.0. The zero-order valence-electron chi connectivity index (χ0n) is 18.4. The van der Waals surface area contributed by atoms with Crippen LogP contribution in [0, 0.1) is 13.8 Å². The third kappa shape index (κ3) is 4.17. The molecule has 2 aromatic rings. The number of carbonyl (C=O) groups is 4. The SMILES string of the molecule is COC(=O)c1ccccc1NC(=O)CN1C(=O)N[C@@H](c2cc(C)ccc2C)C2=C1COC2=O. The molecule has 0 saturated heterocycles. The lowest BCUT2D eigenvalue weighted by atomic mass is 9.91. The Hall–Kier alpha value is -4.14. The molecule has 0 spiro atoms. The van der Waals surface area contributed by atoms with E-state index in [4.69, 9.17) is 9.47 Å². The molecule has 0 fully saturated rings. The molecule has 170 valence electrons. The molecule has 2 aromatic carbocycles. The smallest absolute Gasteiger partial charge is 0.339 e. The fourth-order valence-corrected chi connectivity index (χ4v) is 4.00. The lowest BCUT2D eigenvalue weighted by molar-refractivity contribution is -0.136. The van der Waals surface area contributed by atoms with Crippen molar-refractivity contribution in [2.75, 3.05) is 25.6 Å². The average Bonchev–Trinajstić information content (AvgIpc) is 3.18. The Bertz CT molecular complexity index is 1200. The molecule has 0 saturated carbocycles. The Morgan fingerprint density at radius 1 is 1.18 bits per heavy atom. The quantitative estimate of drug-likeness (QED) is 0.679. The highest BCUT2D eigenvalue weighted by Crippen LogP contribution is 2.36. The molecule has 2 aliphatic rings. The molecule has 3 amide bonds. The van der Waals surface area contributed by atoms with Crippen molar-refractivity contribution in [2.24, 2.45) is 0 Å². The summed E-state index contributed by atoms with van der Waals surface area (Å²) in [4.78, 5) is 51.5. The van der Waals surface area contributed by atoms with Crippen LogP contribution < -0.4 is 10.6 Å². The van der Waals surface area contributed by atoms with Gasteiger partial charge in [-0.3, -0.25) is 9.69 Å². The van der Waals surface area contributed by atoms with Gasteiger partial charge in [0.05, 0.1) is 35.7 Å². The predicted octanol–water partition coefficient (Wildman–Crippen LogP) is 2.61. The number of carbonyl (C=O) groups excluding carboxylic acids is 4. The van der Waals surface area contributed by atoms with E-state index in [9.17, 15) is 19.2 Å². The van der Waals surface area contributed by atoms with Crippen molar-refractivity contribution in [3.05, 3.63) is 76.0 Å². The summed E-state index contributed by atoms with van der Waals surface area (Å²) in [6.45, 7) is 3.37. The Balaban J connectivity index is 1.62. The molecule has 2 N–H and O–H groups in total. The highest BCUT2D eigenvalue weighted by Gasteiger charge is 2.43. The zero-order valence-corrected chi connectivity index (χ0v) is 18.4. The first-order valence-electron chi connectivity index (χ1n) is 10.3. The Kier molecular flexibility index (Phi) is 5.87. The van der Waals surface area contributed by atoms with Crippen molar-refractivity contribution < 1.29 is 28.7 Å². The first-order valence-corrected chi connectivity index (χ1v) is 10.3. The predicted molar refractivity (Wildman–Crippen MR) is 118 cm³/mol. The van der Waals surface area contributed by atoms with Gasteiger partial charge in [-0.2, -0.15) is 0 Å². The molecule has 9 heteroatoms. The first kappa shape index (κ1) is 22.1. The Labute approximate surface area is 190 Å². The van der Waals surface area contributed by atoms with Crippen molar-refractivity contribution in [3.8, 4) is 0 Å². The number of methoxy groups -OCH3 is 1. The number of rotatable bonds is 5. The van der Waals surface area contributed by atoms with Gasteiger partial charge in [-0.25, -0.2) is 14.4 Å². The van der Waals surface area contributed by atoms with Crippen LogP contribution in [0.2, 0.25) is 0 Å². The normalized spacial score (nSPS) is 17.3. The fraction of sp³-hybridized carbons (Fsp3) is 0.250. The number of para-hydroxylation sites is 1. The maximum absolute atomic E-state index is 13.0. The number of anilines is 1. The van der Waals surface area contributed by atoms with Gasteiger partial charge < -0.3 is 20.1 Å². The van der Waals surface area contributed by atoms with E-state index >= 15 is 0 Å². The van der Waals surface area contributed by atoms with E-state index in [0.717, 1.165) is 16.7 Å². The largest absolute Gasteiger partial charge is 0.465 e. The Morgan fingerprint density at radius 3 is 2.70 bits per heavy atom. The van der Waals surface area contributed by atoms with Crippen LogP contribution in [0.15, 0.2) is 53.7 Å². The minimum Gasteiger partial charge on any atom is -0.465 e. The van der Waals surface area contributed by atoms with Gasteiger partial charge in [-0.15, -0.1) is 0 Å². The van der Waals surface area contributed by atoms with Crippen molar-refractivity contribution in [2.45, 2.75) is 19.9 Å². The number of benzene rings is 2. The second kappa shape index (κ2) is 8.78. The van der Waals surface area contributed by atoms with Gasteiger partial charge in [0, 0.05) is 0 Å². The van der Waals surface area contributed by atoms with E-state index in [1.807, 2.05) is 32.0 Å². The van der Waals surface area contributed by atoms with Crippen LogP contribution in [0.4, 0.5) is 10.5 Å². The van der Waals surface area contributed by atoms with Gasteiger partial charge in [0.1, 0.15) is 13.2 Å². The maximum atomic E-state index is 13.0. The van der Waals surface area contributed by atoms with E-state index in [-0.39, 0.29) is 24.4 Å². The first-order chi connectivity index (χ1) is 15.8. The highest BCUT2D eigenvalue weighted by atomic mass is 16.5. The minimum atomic E-state index is -0.665. The van der Waals surface area contributed by atoms with Crippen LogP contribution in [-0.4, -0.2) is 49.0 Å². The molecular weight excluding hydrogens is 426 g/mol. The van der Waals surface area contributed by atoms with E-state index in [0.29, 0.717) is 11.3 Å². The van der Waals surface area contributed by atoms with E-state index < -0.39 is 29.9 Å². The number of esters is 2. The molecule has 9 nitrogen and oxygen atoms in total. The zero-order chi connectivity index (χ0) is 23.7. The van der Waals surface area contributed by atoms with Gasteiger partial charge in [0.2, 0.25) is 5.91 Å². The number of ether oxygens (including phenoxy) is 2. The molecule has 4 rings (SSSR count). The summed E-state index contributed by atoms with van der Waals surface area (Å²) in [6.07, 6.45) is 0. The monoisotopic (exact) mass is 449 g/mol. The molecule has 0 unspecified atom stereocenters. The van der Waals surface area contributed by atoms with Crippen molar-refractivity contribution >= 4 is 29.6 Å². The van der Waals surface area contributed by atoms with Crippen LogP contribution in [0.25, 0.3) is 0 Å². The Morgan fingerprint density at radius 2 is 1.94 bits per heavy atom. The number of cyclic esters (lactones) is 1. The maximum Gasteiger partial charge on any atom is 0.339 e. The standard InChI is InChI=1S/C24H23N3O6/c1-13-8-9-14(2)16(10-13)21-20-18(12-33-23(20)30)27(24(31)26-21)11-19(28)25-17-7-5-4-6-15(17)22(29)32-3/h4-10,21H,11-12H2,1-3H3,(H,25,28)(H,26,31)/t21-/m0/s1. The third-order valence-electron chi connectivity index (χ3n) is 5.65. The number of aryl methyl sites for hydroxylation is 2. The molecule has 0 aliphatic carbocycles. The van der Waals surface area contributed by atoms with Gasteiger partial charge in [-0.05, 0) is 37.1 Å². The molecule has 33 heavy (non-hydrogen) atoms. The number of hydrogen-bond acceptors (Lipinski definition) is 6. The van der Waals surface area contributed by atoms with Gasteiger partial charge in [0.15, 0.2) is 0 Å². The van der Waals surface area contributed by atoms with E-state index in [1.54, 1.807) is 18.2 Å². The minimum absolute atomic E-state index is 0.102. The van der Waals surface area contributed by atoms with Crippen LogP contribution in [0.1, 0.15) is 33.1 Å². The number of amides is 3. The topological polar surface area (TPSA) is 114 Å². The third-order valence-corrected chi connectivity index (χ3v) is 5.65. The summed E-state index contributed by atoms with van der Waals surface area (Å²) in [5.74, 6) is -1.67. The fourth-order valence-electron chi connectivity index (χ4n) is 4.00. The second-order valence-electron chi connectivity index (χ2n) is 7.85. The van der Waals surface area contributed by atoms with Crippen LogP contribution in [0.3, 0.4) is 0 Å². The summed E-state index contributed by atoms with van der Waals surface area (Å²) in [5, 5.41) is 5.47. The second-order valence-corrected chi connectivity index (χ2v) is 7.85. The lowest BCUT2D eigenvalue weighted by Crippen LogP contribution is -2.49. The lowest BCUT2D eigenvalue weighted by Gasteiger charge is -2.33. The van der Waals surface area contributed by atoms with Crippen LogP contribution in [-0.2, 0) is 19.1 Å². The van der Waals surface area contributed by atoms with Crippen molar-refractivity contribution in [1.82, 2.24) is 10.2 Å². The molecule has 2 aliphatic heterocycles. The molecule has 0 aromatic heterocycles. The van der Waals surface area contributed by atoms with Gasteiger partial charge in [0.25, 0.3) is 0 Å². The summed E-state index contributed by atoms with van der Waals surface area (Å²) in [7, 11) is 1.25. The molecule has 0 bridgehead atoms. The molecule has 1 atom stereocenters. The molecular formula is C24H23N3O6. The van der Waals surface area contributed by atoms with E-state index in [2.05, 4.69) is 10.6 Å². The molecule has 2 heterocycles. The van der Waals surface area contributed by atoms with Crippen molar-refractivity contribution in [1.29, 1.82) is 0 Å².